The molecular formula is C21H27N3O4. The molecule has 150 valence electrons. The van der Waals surface area contributed by atoms with Crippen LogP contribution >= 0.6 is 0 Å². The summed E-state index contributed by atoms with van der Waals surface area (Å²) in [6.07, 6.45) is 1.95. The highest BCUT2D eigenvalue weighted by molar-refractivity contribution is 5.95. The summed E-state index contributed by atoms with van der Waals surface area (Å²) in [7, 11) is 0. The van der Waals surface area contributed by atoms with Gasteiger partial charge in [0.2, 0.25) is 11.7 Å². The predicted molar refractivity (Wildman–Crippen MR) is 104 cm³/mol. The SMILES string of the molecule is CC1CCC(C(=O)O)CN1C(=O)c1cccc(-c2noc(CC(C)(C)C)n2)c1. The number of aromatic nitrogens is 2. The summed E-state index contributed by atoms with van der Waals surface area (Å²) in [6.45, 7) is 8.48. The normalized spacial score (nSPS) is 20.2. The Balaban J connectivity index is 1.81. The molecule has 1 N–H and O–H groups in total. The summed E-state index contributed by atoms with van der Waals surface area (Å²) >= 11 is 0. The maximum absolute atomic E-state index is 13.0. The van der Waals surface area contributed by atoms with Crippen LogP contribution in [0.1, 0.15) is 56.8 Å². The molecule has 1 fully saturated rings. The van der Waals surface area contributed by atoms with Crippen LogP contribution in [0.5, 0.6) is 0 Å². The number of carboxylic acids is 1. The molecule has 3 rings (SSSR count). The number of aliphatic carboxylic acids is 1. The number of piperidine rings is 1. The maximum Gasteiger partial charge on any atom is 0.308 e. The zero-order chi connectivity index (χ0) is 20.5. The van der Waals surface area contributed by atoms with Crippen LogP contribution in [0.3, 0.4) is 0 Å². The number of benzene rings is 1. The zero-order valence-electron chi connectivity index (χ0n) is 16.8. The smallest absolute Gasteiger partial charge is 0.308 e. The first-order chi connectivity index (χ1) is 13.1. The average Bonchev–Trinajstić information content (AvgIpc) is 3.08. The highest BCUT2D eigenvalue weighted by atomic mass is 16.5. The fourth-order valence-electron chi connectivity index (χ4n) is 3.45. The molecule has 2 unspecified atom stereocenters. The van der Waals surface area contributed by atoms with Gasteiger partial charge in [-0.05, 0) is 37.3 Å². The second-order valence-electron chi connectivity index (χ2n) is 8.75. The van der Waals surface area contributed by atoms with Gasteiger partial charge in [-0.2, -0.15) is 4.98 Å². The fraction of sp³-hybridized carbons (Fsp3) is 0.524. The number of amides is 1. The lowest BCUT2D eigenvalue weighted by atomic mass is 9.92. The van der Waals surface area contributed by atoms with Gasteiger partial charge in [-0.1, -0.05) is 38.1 Å². The van der Waals surface area contributed by atoms with E-state index in [0.29, 0.717) is 42.1 Å². The van der Waals surface area contributed by atoms with Crippen LogP contribution in [0.2, 0.25) is 0 Å². The molecule has 2 atom stereocenters. The number of hydrogen-bond acceptors (Lipinski definition) is 5. The van der Waals surface area contributed by atoms with Gasteiger partial charge in [-0.25, -0.2) is 0 Å². The number of hydrogen-bond donors (Lipinski definition) is 1. The molecular weight excluding hydrogens is 358 g/mol. The van der Waals surface area contributed by atoms with Gasteiger partial charge in [-0.3, -0.25) is 9.59 Å². The van der Waals surface area contributed by atoms with Crippen molar-refractivity contribution in [3.63, 3.8) is 0 Å². The van der Waals surface area contributed by atoms with Crippen LogP contribution < -0.4 is 0 Å². The van der Waals surface area contributed by atoms with Gasteiger partial charge in [0.05, 0.1) is 5.92 Å². The molecule has 2 heterocycles. The second kappa shape index (κ2) is 7.73. The molecule has 0 bridgehead atoms. The summed E-state index contributed by atoms with van der Waals surface area (Å²) in [5.41, 5.74) is 1.24. The lowest BCUT2D eigenvalue weighted by molar-refractivity contribution is -0.143. The Kier molecular flexibility index (Phi) is 5.54. The van der Waals surface area contributed by atoms with Gasteiger partial charge in [0.1, 0.15) is 0 Å². The summed E-state index contributed by atoms with van der Waals surface area (Å²) in [6, 6.07) is 7.10. The first kappa shape index (κ1) is 20.0. The minimum Gasteiger partial charge on any atom is -0.481 e. The highest BCUT2D eigenvalue weighted by Gasteiger charge is 2.33. The summed E-state index contributed by atoms with van der Waals surface area (Å²) in [4.78, 5) is 30.5. The monoisotopic (exact) mass is 385 g/mol. The third-order valence-electron chi connectivity index (χ3n) is 5.01. The quantitative estimate of drug-likeness (QED) is 0.863. The van der Waals surface area contributed by atoms with E-state index in [4.69, 9.17) is 4.52 Å². The lowest BCUT2D eigenvalue weighted by Gasteiger charge is -2.36. The Morgan fingerprint density at radius 3 is 2.71 bits per heavy atom. The molecule has 1 aromatic carbocycles. The molecule has 1 aromatic heterocycles. The van der Waals surface area contributed by atoms with Crippen LogP contribution in [0, 0.1) is 11.3 Å². The fourth-order valence-corrected chi connectivity index (χ4v) is 3.45. The number of likely N-dealkylation sites (tertiary alicyclic amines) is 1. The lowest BCUT2D eigenvalue weighted by Crippen LogP contribution is -2.47. The minimum absolute atomic E-state index is 0.00956. The van der Waals surface area contributed by atoms with E-state index in [1.54, 1.807) is 23.1 Å². The van der Waals surface area contributed by atoms with Crippen LogP contribution in [-0.2, 0) is 11.2 Å². The Bertz CT molecular complexity index is 869. The predicted octanol–water partition coefficient (Wildman–Crippen LogP) is 3.65. The van der Waals surface area contributed by atoms with E-state index in [2.05, 4.69) is 30.9 Å². The number of carboxylic acid groups (broad SMARTS) is 1. The van der Waals surface area contributed by atoms with E-state index in [9.17, 15) is 14.7 Å². The van der Waals surface area contributed by atoms with Crippen molar-refractivity contribution < 1.29 is 19.2 Å². The van der Waals surface area contributed by atoms with Crippen molar-refractivity contribution in [3.8, 4) is 11.4 Å². The van der Waals surface area contributed by atoms with Crippen LogP contribution in [0.15, 0.2) is 28.8 Å². The van der Waals surface area contributed by atoms with Crippen molar-refractivity contribution in [3.05, 3.63) is 35.7 Å². The minimum atomic E-state index is -0.850. The van der Waals surface area contributed by atoms with Crippen molar-refractivity contribution in [2.24, 2.45) is 11.3 Å². The molecule has 0 aliphatic carbocycles. The first-order valence-electron chi connectivity index (χ1n) is 9.61. The maximum atomic E-state index is 13.0. The van der Waals surface area contributed by atoms with Crippen molar-refractivity contribution in [1.29, 1.82) is 0 Å². The topological polar surface area (TPSA) is 96.5 Å². The Morgan fingerprint density at radius 1 is 1.29 bits per heavy atom. The van der Waals surface area contributed by atoms with Crippen LogP contribution in [0.25, 0.3) is 11.4 Å². The number of carbonyl (C=O) groups excluding carboxylic acids is 1. The molecule has 2 aromatic rings. The molecule has 1 aliphatic rings. The number of nitrogens with zero attached hydrogens (tertiary/aromatic N) is 3. The molecule has 0 spiro atoms. The third-order valence-corrected chi connectivity index (χ3v) is 5.01. The zero-order valence-corrected chi connectivity index (χ0v) is 16.8. The van der Waals surface area contributed by atoms with Gasteiger partial charge < -0.3 is 14.5 Å². The van der Waals surface area contributed by atoms with Crippen molar-refractivity contribution in [2.75, 3.05) is 6.54 Å². The molecule has 1 amide bonds. The molecule has 7 nitrogen and oxygen atoms in total. The molecule has 1 aliphatic heterocycles. The second-order valence-corrected chi connectivity index (χ2v) is 8.75. The average molecular weight is 385 g/mol. The van der Waals surface area contributed by atoms with E-state index in [-0.39, 0.29) is 23.9 Å². The third kappa shape index (κ3) is 4.58. The van der Waals surface area contributed by atoms with Gasteiger partial charge in [-0.15, -0.1) is 0 Å². The Labute approximate surface area is 164 Å². The van der Waals surface area contributed by atoms with Crippen molar-refractivity contribution in [2.45, 2.75) is 53.0 Å². The van der Waals surface area contributed by atoms with E-state index in [1.807, 2.05) is 13.0 Å². The highest BCUT2D eigenvalue weighted by Crippen LogP contribution is 2.26. The van der Waals surface area contributed by atoms with E-state index < -0.39 is 11.9 Å². The molecule has 7 heteroatoms. The molecule has 0 radical (unpaired) electrons. The number of carbonyl (C=O) groups is 2. The summed E-state index contributed by atoms with van der Waals surface area (Å²) in [5.74, 6) is -0.520. The first-order valence-corrected chi connectivity index (χ1v) is 9.61. The van der Waals surface area contributed by atoms with E-state index in [1.165, 1.54) is 0 Å². The Hall–Kier alpha value is -2.70. The van der Waals surface area contributed by atoms with Crippen LogP contribution in [-0.4, -0.2) is 44.6 Å². The van der Waals surface area contributed by atoms with Gasteiger partial charge in [0.15, 0.2) is 0 Å². The number of rotatable bonds is 4. The summed E-state index contributed by atoms with van der Waals surface area (Å²) < 4.78 is 5.35. The molecule has 1 saturated heterocycles. The van der Waals surface area contributed by atoms with E-state index in [0.717, 1.165) is 0 Å². The van der Waals surface area contributed by atoms with Crippen LogP contribution in [0.4, 0.5) is 0 Å². The molecule has 0 saturated carbocycles. The summed E-state index contributed by atoms with van der Waals surface area (Å²) in [5, 5.41) is 13.4. The largest absolute Gasteiger partial charge is 0.481 e. The van der Waals surface area contributed by atoms with Gasteiger partial charge in [0, 0.05) is 30.1 Å². The van der Waals surface area contributed by atoms with Crippen molar-refractivity contribution in [1.82, 2.24) is 15.0 Å². The van der Waals surface area contributed by atoms with E-state index >= 15 is 0 Å². The van der Waals surface area contributed by atoms with Crippen molar-refractivity contribution >= 4 is 11.9 Å². The molecule has 28 heavy (non-hydrogen) atoms. The standard InChI is InChI=1S/C21H27N3O4/c1-13-8-9-16(20(26)27)12-24(13)19(25)15-7-5-6-14(10-15)18-22-17(28-23-18)11-21(2,3)4/h5-7,10,13,16H,8-9,11-12H2,1-4H3,(H,26,27). The van der Waals surface area contributed by atoms with Gasteiger partial charge in [0.25, 0.3) is 5.91 Å². The Morgan fingerprint density at radius 2 is 2.04 bits per heavy atom. The van der Waals surface area contributed by atoms with Gasteiger partial charge >= 0.3 is 5.97 Å².